The van der Waals surface area contributed by atoms with Gasteiger partial charge in [-0.3, -0.25) is 0 Å². The highest BCUT2D eigenvalue weighted by atomic mass is 32.2. The van der Waals surface area contributed by atoms with Crippen LogP contribution in [0.3, 0.4) is 0 Å². The molecule has 0 aliphatic carbocycles. The van der Waals surface area contributed by atoms with Crippen LogP contribution in [-0.2, 0) is 24.6 Å². The lowest BCUT2D eigenvalue weighted by Gasteiger charge is -2.31. The highest BCUT2D eigenvalue weighted by Gasteiger charge is 2.28. The first-order valence-corrected chi connectivity index (χ1v) is 10.8. The second-order valence-electron chi connectivity index (χ2n) is 5.49. The Morgan fingerprint density at radius 2 is 1.76 bits per heavy atom. The van der Waals surface area contributed by atoms with E-state index in [2.05, 4.69) is 5.32 Å². The SMILES string of the molecule is COCCNCC1CCN(S(=O)(=O)CCS(C)(=O)=O)CC1. The number of sulfone groups is 1. The number of nitrogens with one attached hydrogen (secondary N) is 1. The van der Waals surface area contributed by atoms with Gasteiger partial charge in [0.15, 0.2) is 0 Å². The van der Waals surface area contributed by atoms with E-state index in [0.717, 1.165) is 32.2 Å². The fraction of sp³-hybridized carbons (Fsp3) is 1.00. The summed E-state index contributed by atoms with van der Waals surface area (Å²) in [6, 6.07) is 0. The lowest BCUT2D eigenvalue weighted by Crippen LogP contribution is -2.42. The van der Waals surface area contributed by atoms with Crippen LogP contribution < -0.4 is 5.32 Å². The number of hydrogen-bond donors (Lipinski definition) is 1. The minimum atomic E-state index is -3.46. The normalized spacial score (nSPS) is 19.0. The van der Waals surface area contributed by atoms with Crippen molar-refractivity contribution in [2.24, 2.45) is 5.92 Å². The van der Waals surface area contributed by atoms with Gasteiger partial charge in [-0.25, -0.2) is 21.1 Å². The van der Waals surface area contributed by atoms with Crippen LogP contribution in [0.15, 0.2) is 0 Å². The summed E-state index contributed by atoms with van der Waals surface area (Å²) in [5, 5.41) is 3.28. The van der Waals surface area contributed by atoms with Gasteiger partial charge in [0.05, 0.1) is 18.1 Å². The van der Waals surface area contributed by atoms with E-state index in [1.807, 2.05) is 0 Å². The molecular formula is C12H26N2O5S2. The van der Waals surface area contributed by atoms with Crippen molar-refractivity contribution in [2.75, 3.05) is 57.7 Å². The Morgan fingerprint density at radius 1 is 1.14 bits per heavy atom. The van der Waals surface area contributed by atoms with Crippen molar-refractivity contribution in [3.05, 3.63) is 0 Å². The van der Waals surface area contributed by atoms with E-state index in [1.54, 1.807) is 7.11 Å². The Morgan fingerprint density at radius 3 is 2.29 bits per heavy atom. The first kappa shape index (κ1) is 18.8. The first-order chi connectivity index (χ1) is 9.74. The monoisotopic (exact) mass is 342 g/mol. The standard InChI is InChI=1S/C12H26N2O5S2/c1-19-8-5-13-11-12-3-6-14(7-4-12)21(17,18)10-9-20(2,15)16/h12-13H,3-11H2,1-2H3. The maximum Gasteiger partial charge on any atom is 0.215 e. The molecule has 21 heavy (non-hydrogen) atoms. The Labute approximate surface area is 128 Å². The van der Waals surface area contributed by atoms with Crippen LogP contribution in [-0.4, -0.2) is 78.8 Å². The highest BCUT2D eigenvalue weighted by molar-refractivity contribution is 7.93. The summed E-state index contributed by atoms with van der Waals surface area (Å²) in [4.78, 5) is 0. The highest BCUT2D eigenvalue weighted by Crippen LogP contribution is 2.19. The van der Waals surface area contributed by atoms with Gasteiger partial charge in [0.2, 0.25) is 10.0 Å². The predicted octanol–water partition coefficient (Wildman–Crippen LogP) is -0.691. The van der Waals surface area contributed by atoms with E-state index in [-0.39, 0.29) is 11.5 Å². The van der Waals surface area contributed by atoms with E-state index < -0.39 is 19.9 Å². The van der Waals surface area contributed by atoms with Crippen molar-refractivity contribution in [3.8, 4) is 0 Å². The summed E-state index contributed by atoms with van der Waals surface area (Å²) in [5.41, 5.74) is 0. The number of ether oxygens (including phenoxy) is 1. The molecule has 0 amide bonds. The smallest absolute Gasteiger partial charge is 0.215 e. The Balaban J connectivity index is 2.34. The molecule has 0 aromatic carbocycles. The van der Waals surface area contributed by atoms with Crippen LogP contribution in [0.1, 0.15) is 12.8 Å². The molecule has 1 aliphatic heterocycles. The fourth-order valence-corrected chi connectivity index (χ4v) is 5.34. The van der Waals surface area contributed by atoms with Gasteiger partial charge >= 0.3 is 0 Å². The number of sulfonamides is 1. The van der Waals surface area contributed by atoms with Gasteiger partial charge in [0, 0.05) is 33.0 Å². The summed E-state index contributed by atoms with van der Waals surface area (Å²) in [6.07, 6.45) is 2.66. The van der Waals surface area contributed by atoms with Gasteiger partial charge in [-0.2, -0.15) is 0 Å². The van der Waals surface area contributed by atoms with E-state index in [1.165, 1.54) is 4.31 Å². The van der Waals surface area contributed by atoms with Gasteiger partial charge < -0.3 is 10.1 Å². The number of hydrogen-bond acceptors (Lipinski definition) is 6. The van der Waals surface area contributed by atoms with Gasteiger partial charge in [-0.1, -0.05) is 0 Å². The summed E-state index contributed by atoms with van der Waals surface area (Å²) in [6.45, 7) is 3.27. The molecule has 0 radical (unpaired) electrons. The van der Waals surface area contributed by atoms with E-state index >= 15 is 0 Å². The molecule has 1 saturated heterocycles. The topological polar surface area (TPSA) is 92.8 Å². The number of piperidine rings is 1. The average molecular weight is 342 g/mol. The van der Waals surface area contributed by atoms with Crippen molar-refractivity contribution in [1.82, 2.24) is 9.62 Å². The maximum atomic E-state index is 12.1. The van der Waals surface area contributed by atoms with Gasteiger partial charge in [0.25, 0.3) is 0 Å². The summed E-state index contributed by atoms with van der Waals surface area (Å²) < 4.78 is 52.7. The van der Waals surface area contributed by atoms with Crippen molar-refractivity contribution < 1.29 is 21.6 Å². The van der Waals surface area contributed by atoms with Gasteiger partial charge in [-0.05, 0) is 25.3 Å². The molecule has 0 unspecified atom stereocenters. The van der Waals surface area contributed by atoms with Crippen LogP contribution in [0, 0.1) is 5.92 Å². The van der Waals surface area contributed by atoms with Crippen LogP contribution >= 0.6 is 0 Å². The Bertz CT molecular complexity index is 496. The molecule has 0 aromatic heterocycles. The maximum absolute atomic E-state index is 12.1. The van der Waals surface area contributed by atoms with Crippen LogP contribution in [0.2, 0.25) is 0 Å². The molecule has 7 nitrogen and oxygen atoms in total. The fourth-order valence-electron chi connectivity index (χ4n) is 2.26. The molecule has 126 valence electrons. The largest absolute Gasteiger partial charge is 0.383 e. The Hall–Kier alpha value is -0.220. The molecule has 1 N–H and O–H groups in total. The quantitative estimate of drug-likeness (QED) is 0.558. The van der Waals surface area contributed by atoms with Crippen LogP contribution in [0.5, 0.6) is 0 Å². The molecular weight excluding hydrogens is 316 g/mol. The van der Waals surface area contributed by atoms with Crippen LogP contribution in [0.25, 0.3) is 0 Å². The first-order valence-electron chi connectivity index (χ1n) is 7.10. The molecule has 1 heterocycles. The van der Waals surface area contributed by atoms with E-state index in [4.69, 9.17) is 4.74 Å². The van der Waals surface area contributed by atoms with E-state index in [0.29, 0.717) is 25.6 Å². The second kappa shape index (κ2) is 8.42. The molecule has 1 aliphatic rings. The Kier molecular flexibility index (Phi) is 7.55. The summed E-state index contributed by atoms with van der Waals surface area (Å²) >= 11 is 0. The number of rotatable bonds is 9. The van der Waals surface area contributed by atoms with Crippen LogP contribution in [0.4, 0.5) is 0 Å². The third-order valence-electron chi connectivity index (χ3n) is 3.59. The zero-order valence-electron chi connectivity index (χ0n) is 12.7. The molecule has 0 atom stereocenters. The zero-order valence-corrected chi connectivity index (χ0v) is 14.4. The van der Waals surface area contributed by atoms with E-state index in [9.17, 15) is 16.8 Å². The molecule has 0 spiro atoms. The second-order valence-corrected chi connectivity index (χ2v) is 9.83. The third kappa shape index (κ3) is 7.55. The molecule has 0 aromatic rings. The molecule has 0 bridgehead atoms. The number of nitrogens with zero attached hydrogens (tertiary/aromatic N) is 1. The summed E-state index contributed by atoms with van der Waals surface area (Å²) in [7, 11) is -5.05. The van der Waals surface area contributed by atoms with Crippen molar-refractivity contribution in [2.45, 2.75) is 12.8 Å². The lowest BCUT2D eigenvalue weighted by molar-refractivity contribution is 0.194. The molecule has 0 saturated carbocycles. The molecule has 1 rings (SSSR count). The third-order valence-corrected chi connectivity index (χ3v) is 6.67. The lowest BCUT2D eigenvalue weighted by atomic mass is 9.98. The van der Waals surface area contributed by atoms with Crippen molar-refractivity contribution >= 4 is 19.9 Å². The van der Waals surface area contributed by atoms with Crippen molar-refractivity contribution in [1.29, 1.82) is 0 Å². The number of methoxy groups -OCH3 is 1. The minimum absolute atomic E-state index is 0.312. The van der Waals surface area contributed by atoms with Gasteiger partial charge in [0.1, 0.15) is 9.84 Å². The predicted molar refractivity (Wildman–Crippen MR) is 82.5 cm³/mol. The average Bonchev–Trinajstić information content (AvgIpc) is 2.41. The summed E-state index contributed by atoms with van der Waals surface area (Å²) in [5.74, 6) is -0.167. The zero-order chi connectivity index (χ0) is 15.9. The minimum Gasteiger partial charge on any atom is -0.383 e. The van der Waals surface area contributed by atoms with Crippen molar-refractivity contribution in [3.63, 3.8) is 0 Å². The van der Waals surface area contributed by atoms with Gasteiger partial charge in [-0.15, -0.1) is 0 Å². The molecule has 9 heteroatoms. The molecule has 1 fully saturated rings.